The van der Waals surface area contributed by atoms with Crippen LogP contribution in [0.3, 0.4) is 0 Å². The summed E-state index contributed by atoms with van der Waals surface area (Å²) >= 11 is 0. The smallest absolute Gasteiger partial charge is 0.240 e. The van der Waals surface area contributed by atoms with E-state index in [9.17, 15) is 13.2 Å². The number of sulfonamides is 1. The lowest BCUT2D eigenvalue weighted by Crippen LogP contribution is -2.50. The van der Waals surface area contributed by atoms with Crippen LogP contribution in [0.15, 0.2) is 0 Å². The van der Waals surface area contributed by atoms with Gasteiger partial charge in [-0.1, -0.05) is 13.3 Å². The van der Waals surface area contributed by atoms with Crippen LogP contribution in [-0.2, 0) is 19.6 Å². The van der Waals surface area contributed by atoms with Crippen molar-refractivity contribution < 1.29 is 17.9 Å². The molecule has 0 bridgehead atoms. The molecule has 1 fully saturated rings. The molecule has 0 aromatic carbocycles. The first-order valence-electron chi connectivity index (χ1n) is 7.21. The molecule has 0 radical (unpaired) electrons. The maximum absolute atomic E-state index is 12.2. The fraction of sp³-hybridized carbons (Fsp3) is 0.923. The van der Waals surface area contributed by atoms with Gasteiger partial charge in [0.25, 0.3) is 0 Å². The van der Waals surface area contributed by atoms with Gasteiger partial charge in [0.1, 0.15) is 0 Å². The van der Waals surface area contributed by atoms with E-state index in [0.717, 1.165) is 19.3 Å². The van der Waals surface area contributed by atoms with Crippen LogP contribution in [0.25, 0.3) is 0 Å². The standard InChI is InChI=1S/C13H26N2O4S/c1-4-5-10-20(17,18)14-11(2)13(16)15-8-6-12(19-3)7-9-15/h11-12,14H,4-10H2,1-3H3/t11-/m0/s1. The van der Waals surface area contributed by atoms with Crippen LogP contribution in [0, 0.1) is 0 Å². The summed E-state index contributed by atoms with van der Waals surface area (Å²) in [5, 5.41) is 0. The number of carbonyl (C=O) groups excluding carboxylic acids is 1. The number of unbranched alkanes of at least 4 members (excludes halogenated alkanes) is 1. The van der Waals surface area contributed by atoms with Crippen LogP contribution in [0.5, 0.6) is 0 Å². The first kappa shape index (κ1) is 17.4. The fourth-order valence-electron chi connectivity index (χ4n) is 2.30. The van der Waals surface area contributed by atoms with Gasteiger partial charge in [0, 0.05) is 20.2 Å². The molecule has 1 saturated heterocycles. The molecule has 1 rings (SSSR count). The molecular formula is C13H26N2O4S. The van der Waals surface area contributed by atoms with E-state index >= 15 is 0 Å². The van der Waals surface area contributed by atoms with Crippen molar-refractivity contribution in [2.75, 3.05) is 26.0 Å². The second-order valence-electron chi connectivity index (χ2n) is 5.27. The van der Waals surface area contributed by atoms with E-state index in [-0.39, 0.29) is 17.8 Å². The summed E-state index contributed by atoms with van der Waals surface area (Å²) in [6, 6.07) is -0.698. The van der Waals surface area contributed by atoms with Crippen LogP contribution in [-0.4, -0.2) is 57.3 Å². The van der Waals surface area contributed by atoms with E-state index in [1.807, 2.05) is 6.92 Å². The van der Waals surface area contributed by atoms with Crippen LogP contribution in [0.2, 0.25) is 0 Å². The molecule has 0 unspecified atom stereocenters. The quantitative estimate of drug-likeness (QED) is 0.752. The number of methoxy groups -OCH3 is 1. The Labute approximate surface area is 121 Å². The lowest BCUT2D eigenvalue weighted by molar-refractivity contribution is -0.134. The molecule has 20 heavy (non-hydrogen) atoms. The van der Waals surface area contributed by atoms with Crippen LogP contribution < -0.4 is 4.72 Å². The van der Waals surface area contributed by atoms with Gasteiger partial charge in [-0.15, -0.1) is 0 Å². The fourth-order valence-corrected chi connectivity index (χ4v) is 3.72. The number of nitrogens with one attached hydrogen (secondary N) is 1. The molecule has 1 atom stereocenters. The van der Waals surface area contributed by atoms with E-state index < -0.39 is 16.1 Å². The Kier molecular flexibility index (Phi) is 6.91. The largest absolute Gasteiger partial charge is 0.381 e. The highest BCUT2D eigenvalue weighted by molar-refractivity contribution is 7.89. The van der Waals surface area contributed by atoms with Gasteiger partial charge in [-0.3, -0.25) is 4.79 Å². The number of carbonyl (C=O) groups is 1. The zero-order valence-electron chi connectivity index (χ0n) is 12.6. The Hall–Kier alpha value is -0.660. The summed E-state index contributed by atoms with van der Waals surface area (Å²) in [6.07, 6.45) is 3.23. The minimum Gasteiger partial charge on any atom is -0.381 e. The first-order chi connectivity index (χ1) is 9.39. The van der Waals surface area contributed by atoms with E-state index in [0.29, 0.717) is 19.5 Å². The third-order valence-electron chi connectivity index (χ3n) is 3.58. The molecule has 1 aliphatic heterocycles. The number of hydrogen-bond acceptors (Lipinski definition) is 4. The Morgan fingerprint density at radius 3 is 2.50 bits per heavy atom. The molecule has 118 valence electrons. The van der Waals surface area contributed by atoms with E-state index in [2.05, 4.69) is 4.72 Å². The Morgan fingerprint density at radius 1 is 1.40 bits per heavy atom. The second kappa shape index (κ2) is 7.95. The molecule has 1 amide bonds. The van der Waals surface area contributed by atoms with Crippen molar-refractivity contribution in [3.8, 4) is 0 Å². The molecule has 0 aromatic rings. The third-order valence-corrected chi connectivity index (χ3v) is 5.12. The van der Waals surface area contributed by atoms with Gasteiger partial charge < -0.3 is 9.64 Å². The van der Waals surface area contributed by atoms with Crippen LogP contribution in [0.4, 0.5) is 0 Å². The van der Waals surface area contributed by atoms with Gasteiger partial charge in [-0.25, -0.2) is 13.1 Å². The maximum atomic E-state index is 12.2. The van der Waals surface area contributed by atoms with E-state index in [4.69, 9.17) is 4.74 Å². The van der Waals surface area contributed by atoms with E-state index in [1.54, 1.807) is 18.9 Å². The first-order valence-corrected chi connectivity index (χ1v) is 8.86. The number of nitrogens with zero attached hydrogens (tertiary/aromatic N) is 1. The molecule has 1 heterocycles. The number of hydrogen-bond donors (Lipinski definition) is 1. The van der Waals surface area contributed by atoms with Crippen molar-refractivity contribution >= 4 is 15.9 Å². The predicted octanol–water partition coefficient (Wildman–Crippen LogP) is 0.732. The number of rotatable bonds is 7. The monoisotopic (exact) mass is 306 g/mol. The molecule has 1 N–H and O–H groups in total. The summed E-state index contributed by atoms with van der Waals surface area (Å²) in [5.74, 6) is -0.0769. The van der Waals surface area contributed by atoms with Crippen molar-refractivity contribution in [2.45, 2.75) is 51.7 Å². The van der Waals surface area contributed by atoms with Gasteiger partial charge in [0.2, 0.25) is 15.9 Å². The van der Waals surface area contributed by atoms with Crippen molar-refractivity contribution in [2.24, 2.45) is 0 Å². The molecule has 1 aliphatic rings. The molecular weight excluding hydrogens is 280 g/mol. The number of amides is 1. The van der Waals surface area contributed by atoms with E-state index in [1.165, 1.54) is 0 Å². The topological polar surface area (TPSA) is 75.7 Å². The molecule has 0 saturated carbocycles. The van der Waals surface area contributed by atoms with Crippen molar-refractivity contribution in [1.29, 1.82) is 0 Å². The Bertz CT molecular complexity index is 403. The van der Waals surface area contributed by atoms with Crippen molar-refractivity contribution in [3.63, 3.8) is 0 Å². The van der Waals surface area contributed by atoms with Gasteiger partial charge in [-0.2, -0.15) is 0 Å². The van der Waals surface area contributed by atoms with Crippen LogP contribution >= 0.6 is 0 Å². The average Bonchev–Trinajstić information content (AvgIpc) is 2.44. The van der Waals surface area contributed by atoms with Gasteiger partial charge in [0.15, 0.2) is 0 Å². The SMILES string of the molecule is CCCCS(=O)(=O)N[C@@H](C)C(=O)N1CCC(OC)CC1. The van der Waals surface area contributed by atoms with Gasteiger partial charge in [0.05, 0.1) is 17.9 Å². The Balaban J connectivity index is 2.47. The normalized spacial score (nSPS) is 19.1. The van der Waals surface area contributed by atoms with Crippen LogP contribution in [0.1, 0.15) is 39.5 Å². The summed E-state index contributed by atoms with van der Waals surface area (Å²) in [4.78, 5) is 13.9. The molecule has 7 heteroatoms. The number of piperidine rings is 1. The summed E-state index contributed by atoms with van der Waals surface area (Å²) in [6.45, 7) is 4.79. The molecule has 6 nitrogen and oxygen atoms in total. The summed E-state index contributed by atoms with van der Waals surface area (Å²) in [5.41, 5.74) is 0. The minimum absolute atomic E-state index is 0.0763. The highest BCUT2D eigenvalue weighted by Gasteiger charge is 2.27. The predicted molar refractivity (Wildman–Crippen MR) is 77.9 cm³/mol. The average molecular weight is 306 g/mol. The maximum Gasteiger partial charge on any atom is 0.240 e. The summed E-state index contributed by atoms with van der Waals surface area (Å²) in [7, 11) is -1.69. The van der Waals surface area contributed by atoms with Gasteiger partial charge in [-0.05, 0) is 26.2 Å². The van der Waals surface area contributed by atoms with Crippen molar-refractivity contribution in [1.82, 2.24) is 9.62 Å². The molecule has 0 spiro atoms. The molecule has 0 aliphatic carbocycles. The zero-order valence-corrected chi connectivity index (χ0v) is 13.4. The molecule has 0 aromatic heterocycles. The van der Waals surface area contributed by atoms with Gasteiger partial charge >= 0.3 is 0 Å². The lowest BCUT2D eigenvalue weighted by Gasteiger charge is -2.33. The lowest BCUT2D eigenvalue weighted by atomic mass is 10.1. The number of ether oxygens (including phenoxy) is 1. The zero-order chi connectivity index (χ0) is 15.2. The highest BCUT2D eigenvalue weighted by Crippen LogP contribution is 2.14. The second-order valence-corrected chi connectivity index (χ2v) is 7.15. The van der Waals surface area contributed by atoms with Crippen molar-refractivity contribution in [3.05, 3.63) is 0 Å². The third kappa shape index (κ3) is 5.38. The minimum atomic E-state index is -3.36. The number of likely N-dealkylation sites (tertiary alicyclic amines) is 1. The summed E-state index contributed by atoms with van der Waals surface area (Å²) < 4.78 is 31.3. The Morgan fingerprint density at radius 2 is 2.00 bits per heavy atom. The highest BCUT2D eigenvalue weighted by atomic mass is 32.2.